The molecule has 4 N–H and O–H groups in total. The molecule has 1 heterocycles. The molecule has 0 saturated carbocycles. The number of ether oxygens (including phenoxy) is 3. The zero-order valence-corrected chi connectivity index (χ0v) is 37.5. The lowest BCUT2D eigenvalue weighted by molar-refractivity contribution is -0.161. The van der Waals surface area contributed by atoms with Crippen LogP contribution in [0.1, 0.15) is 143 Å². The largest absolute Gasteiger partial charge is 0.472 e. The summed E-state index contributed by atoms with van der Waals surface area (Å²) in [6.45, 7) is 3.82. The summed E-state index contributed by atoms with van der Waals surface area (Å²) in [7, 11) is -9.70. The maximum atomic E-state index is 12.6. The van der Waals surface area contributed by atoms with Gasteiger partial charge < -0.3 is 34.0 Å². The number of epoxide rings is 1. The molecular formula is C43H74O14P2. The molecule has 0 aromatic rings. The van der Waals surface area contributed by atoms with E-state index in [1.807, 2.05) is 18.2 Å². The lowest BCUT2D eigenvalue weighted by atomic mass is 10.0. The van der Waals surface area contributed by atoms with E-state index in [1.165, 1.54) is 38.5 Å². The van der Waals surface area contributed by atoms with Crippen molar-refractivity contribution in [2.75, 3.05) is 26.4 Å². The molecule has 0 amide bonds. The molecule has 0 radical (unpaired) electrons. The molecule has 0 aromatic heterocycles. The van der Waals surface area contributed by atoms with Gasteiger partial charge in [-0.2, -0.15) is 0 Å². The van der Waals surface area contributed by atoms with Crippen molar-refractivity contribution in [3.63, 3.8) is 0 Å². The highest BCUT2D eigenvalue weighted by Crippen LogP contribution is 2.44. The zero-order chi connectivity index (χ0) is 43.6. The third-order valence-corrected chi connectivity index (χ3v) is 10.4. The van der Waals surface area contributed by atoms with Gasteiger partial charge in [0, 0.05) is 12.8 Å². The standard InChI is InChI=1S/C43H74O14P2/c1-4-5-23-29-40-41(57-40)30-25-20-16-12-8-6-7-9-13-18-22-27-32-43(46)56-39(36-55-59(50,51)54-34-38(44)33-53-58(47,48)49)35-52-42(45)31-26-21-17-14-10-11-15-19-24-28-37(2)3/h5,7-9,12,18,20,22-23,25,37-41,44H,4,6,10-11,13-17,19,21,24,26-36H2,1-3H3,(H,50,51)(H2,47,48,49)/b9-7-,12-8-,22-18-,23-5-,25-20-/t38-,39+,40?,41?/m0/s1. The summed E-state index contributed by atoms with van der Waals surface area (Å²) in [5, 5.41) is 9.74. The van der Waals surface area contributed by atoms with Crippen LogP contribution in [0.2, 0.25) is 0 Å². The van der Waals surface area contributed by atoms with E-state index >= 15 is 0 Å². The Hall–Kier alpha value is -2.22. The summed E-state index contributed by atoms with van der Waals surface area (Å²) < 4.78 is 53.3. The molecule has 3 unspecified atom stereocenters. The second-order valence-corrected chi connectivity index (χ2v) is 17.8. The molecule has 0 spiro atoms. The van der Waals surface area contributed by atoms with E-state index in [1.54, 1.807) is 0 Å². The lowest BCUT2D eigenvalue weighted by Crippen LogP contribution is -2.29. The molecule has 5 atom stereocenters. The Balaban J connectivity index is 2.41. The highest BCUT2D eigenvalue weighted by molar-refractivity contribution is 7.47. The van der Waals surface area contributed by atoms with Gasteiger partial charge in [0.1, 0.15) is 12.7 Å². The SMILES string of the molecule is CC/C=C\CC1OC1C/C=C\C/C=C\C/C=C\C/C=C\CCC(=O)O[C@H](COC(=O)CCCCCCCCCCCC(C)C)COP(=O)(O)OC[C@@H](O)COP(=O)(O)O. The molecule has 1 aliphatic heterocycles. The molecule has 340 valence electrons. The first-order valence-electron chi connectivity index (χ1n) is 21.5. The first kappa shape index (κ1) is 54.8. The second kappa shape index (κ2) is 34.4. The minimum absolute atomic E-state index is 0.00133. The quantitative estimate of drug-likeness (QED) is 0.0150. The van der Waals surface area contributed by atoms with Gasteiger partial charge in [-0.3, -0.25) is 23.2 Å². The fraction of sp³-hybridized carbons (Fsp3) is 0.721. The van der Waals surface area contributed by atoms with Crippen molar-refractivity contribution in [3.05, 3.63) is 60.8 Å². The molecule has 1 rings (SSSR count). The van der Waals surface area contributed by atoms with E-state index in [-0.39, 0.29) is 12.8 Å². The maximum absolute atomic E-state index is 12.6. The van der Waals surface area contributed by atoms with Gasteiger partial charge in [0.25, 0.3) is 0 Å². The van der Waals surface area contributed by atoms with Crippen LogP contribution >= 0.6 is 15.6 Å². The highest BCUT2D eigenvalue weighted by atomic mass is 31.2. The van der Waals surface area contributed by atoms with E-state index in [9.17, 15) is 28.7 Å². The van der Waals surface area contributed by atoms with Crippen LogP contribution in [0.4, 0.5) is 0 Å². The Bertz CT molecular complexity index is 1360. The van der Waals surface area contributed by atoms with Crippen molar-refractivity contribution in [2.24, 2.45) is 5.92 Å². The first-order chi connectivity index (χ1) is 28.2. The molecule has 1 aliphatic rings. The molecule has 14 nitrogen and oxygen atoms in total. The minimum atomic E-state index is -4.87. The average molecular weight is 877 g/mol. The van der Waals surface area contributed by atoms with Crippen molar-refractivity contribution in [1.29, 1.82) is 0 Å². The summed E-state index contributed by atoms with van der Waals surface area (Å²) in [6, 6.07) is 0. The molecule has 0 aromatic carbocycles. The Morgan fingerprint density at radius 3 is 1.71 bits per heavy atom. The van der Waals surface area contributed by atoms with Crippen molar-refractivity contribution in [1.82, 2.24) is 0 Å². The predicted molar refractivity (Wildman–Crippen MR) is 229 cm³/mol. The van der Waals surface area contributed by atoms with Gasteiger partial charge in [-0.05, 0) is 57.3 Å². The van der Waals surface area contributed by atoms with E-state index in [0.29, 0.717) is 31.5 Å². The molecule has 0 bridgehead atoms. The van der Waals surface area contributed by atoms with E-state index in [2.05, 4.69) is 72.4 Å². The fourth-order valence-corrected chi connectivity index (χ4v) is 6.81. The number of phosphoric acid groups is 2. The van der Waals surface area contributed by atoms with Crippen LogP contribution in [-0.2, 0) is 46.5 Å². The number of phosphoric ester groups is 2. The van der Waals surface area contributed by atoms with Crippen molar-refractivity contribution < 1.29 is 66.3 Å². The van der Waals surface area contributed by atoms with E-state index < -0.39 is 66.2 Å². The van der Waals surface area contributed by atoms with Crippen LogP contribution in [-0.4, -0.2) is 82.6 Å². The lowest BCUT2D eigenvalue weighted by Gasteiger charge is -2.20. The average Bonchev–Trinajstić information content (AvgIpc) is 3.93. The van der Waals surface area contributed by atoms with Gasteiger partial charge in [0.15, 0.2) is 6.10 Å². The number of hydrogen-bond acceptors (Lipinski definition) is 11. The number of esters is 2. The number of aliphatic hydroxyl groups excluding tert-OH is 1. The number of carbonyl (C=O) groups is 2. The summed E-state index contributed by atoms with van der Waals surface area (Å²) in [4.78, 5) is 52.6. The number of rotatable bonds is 38. The Kier molecular flexibility index (Phi) is 31.9. The number of carbonyl (C=O) groups excluding carboxylic acids is 2. The summed E-state index contributed by atoms with van der Waals surface area (Å²) in [5.41, 5.74) is 0. The van der Waals surface area contributed by atoms with Gasteiger partial charge in [-0.25, -0.2) is 9.13 Å². The molecule has 1 saturated heterocycles. The Morgan fingerprint density at radius 2 is 1.14 bits per heavy atom. The van der Waals surface area contributed by atoms with Gasteiger partial charge in [-0.15, -0.1) is 0 Å². The summed E-state index contributed by atoms with van der Waals surface area (Å²) in [5.74, 6) is -0.384. The topological polar surface area (TPSA) is 208 Å². The number of aliphatic hydroxyl groups is 1. The molecule has 0 aliphatic carbocycles. The van der Waals surface area contributed by atoms with Crippen LogP contribution in [0.3, 0.4) is 0 Å². The van der Waals surface area contributed by atoms with E-state index in [0.717, 1.165) is 57.3 Å². The van der Waals surface area contributed by atoms with Crippen LogP contribution in [0, 0.1) is 5.92 Å². The maximum Gasteiger partial charge on any atom is 0.472 e. The third kappa shape index (κ3) is 36.2. The highest BCUT2D eigenvalue weighted by Gasteiger charge is 2.36. The minimum Gasteiger partial charge on any atom is -0.462 e. The van der Waals surface area contributed by atoms with Crippen LogP contribution in [0.5, 0.6) is 0 Å². The first-order valence-corrected chi connectivity index (χ1v) is 24.5. The number of unbranched alkanes of at least 4 members (excludes halogenated alkanes) is 8. The number of allylic oxidation sites excluding steroid dienone is 8. The van der Waals surface area contributed by atoms with Crippen LogP contribution in [0.15, 0.2) is 60.8 Å². The monoisotopic (exact) mass is 876 g/mol. The van der Waals surface area contributed by atoms with Gasteiger partial charge in [0.05, 0.1) is 32.0 Å². The van der Waals surface area contributed by atoms with Crippen molar-refractivity contribution in [2.45, 2.75) is 167 Å². The fourth-order valence-electron chi connectivity index (χ4n) is 5.66. The van der Waals surface area contributed by atoms with Crippen LogP contribution in [0.25, 0.3) is 0 Å². The Morgan fingerprint density at radius 1 is 0.627 bits per heavy atom. The van der Waals surface area contributed by atoms with Gasteiger partial charge in [-0.1, -0.05) is 139 Å². The molecule has 16 heteroatoms. The van der Waals surface area contributed by atoms with Crippen molar-refractivity contribution >= 4 is 27.6 Å². The molecular weight excluding hydrogens is 802 g/mol. The Labute approximate surface area is 353 Å². The van der Waals surface area contributed by atoms with Crippen molar-refractivity contribution in [3.8, 4) is 0 Å². The predicted octanol–water partition coefficient (Wildman–Crippen LogP) is 9.68. The smallest absolute Gasteiger partial charge is 0.462 e. The molecule has 1 fully saturated rings. The molecule has 59 heavy (non-hydrogen) atoms. The summed E-state index contributed by atoms with van der Waals surface area (Å²) in [6.07, 6.45) is 35.7. The van der Waals surface area contributed by atoms with Gasteiger partial charge in [0.2, 0.25) is 0 Å². The zero-order valence-electron chi connectivity index (χ0n) is 35.7. The third-order valence-electron chi connectivity index (χ3n) is 9.00. The summed E-state index contributed by atoms with van der Waals surface area (Å²) >= 11 is 0. The van der Waals surface area contributed by atoms with E-state index in [4.69, 9.17) is 28.5 Å². The van der Waals surface area contributed by atoms with Gasteiger partial charge >= 0.3 is 27.6 Å². The normalized spacial score (nSPS) is 18.2. The second-order valence-electron chi connectivity index (χ2n) is 15.1. The van der Waals surface area contributed by atoms with Crippen LogP contribution < -0.4 is 0 Å². The number of hydrogen-bond donors (Lipinski definition) is 4.